The van der Waals surface area contributed by atoms with Crippen molar-refractivity contribution in [2.24, 2.45) is 5.16 Å². The molecule has 0 aliphatic carbocycles. The van der Waals surface area contributed by atoms with Crippen LogP contribution in [0.15, 0.2) is 63.5 Å². The second kappa shape index (κ2) is 9.28. The predicted octanol–water partition coefficient (Wildman–Crippen LogP) is 5.80. The molecule has 3 nitrogen and oxygen atoms in total. The molecule has 0 saturated carbocycles. The Balaban J connectivity index is 2.04. The maximum absolute atomic E-state index is 11.9. The molecule has 0 bridgehead atoms. The summed E-state index contributed by atoms with van der Waals surface area (Å²) in [5.74, 6) is 0.199. The fourth-order valence-corrected chi connectivity index (χ4v) is 3.24. The average molecular weight is 341 g/mol. The first kappa shape index (κ1) is 18.3. The number of nitrogens with zero attached hydrogens (tertiary/aromatic N) is 1. The Kier molecular flexibility index (Phi) is 7.07. The fourth-order valence-electron chi connectivity index (χ4n) is 2.42. The van der Waals surface area contributed by atoms with Gasteiger partial charge in [-0.25, -0.2) is 0 Å². The lowest BCUT2D eigenvalue weighted by Crippen LogP contribution is -1.99. The van der Waals surface area contributed by atoms with E-state index in [9.17, 15) is 4.79 Å². The van der Waals surface area contributed by atoms with Gasteiger partial charge in [-0.05, 0) is 42.7 Å². The van der Waals surface area contributed by atoms with Gasteiger partial charge >= 0.3 is 0 Å². The number of oxime groups is 1. The van der Waals surface area contributed by atoms with E-state index >= 15 is 0 Å². The number of Topliss-reactive ketones (excluding diaryl/α,β-unsaturated/α-hetero) is 1. The van der Waals surface area contributed by atoms with E-state index in [1.54, 1.807) is 11.8 Å². The third-order valence-corrected chi connectivity index (χ3v) is 4.70. The van der Waals surface area contributed by atoms with Crippen molar-refractivity contribution in [2.45, 2.75) is 49.3 Å². The monoisotopic (exact) mass is 341 g/mol. The van der Waals surface area contributed by atoms with Crippen LogP contribution in [0.25, 0.3) is 0 Å². The molecule has 0 radical (unpaired) electrons. The fraction of sp³-hybridized carbons (Fsp3) is 0.300. The van der Waals surface area contributed by atoms with Crippen molar-refractivity contribution in [2.75, 3.05) is 0 Å². The van der Waals surface area contributed by atoms with E-state index in [0.29, 0.717) is 12.1 Å². The van der Waals surface area contributed by atoms with Gasteiger partial charge in [-0.2, -0.15) is 0 Å². The molecule has 4 heteroatoms. The molecule has 2 aromatic rings. The van der Waals surface area contributed by atoms with Gasteiger partial charge in [-0.3, -0.25) is 4.79 Å². The quantitative estimate of drug-likeness (QED) is 0.286. The summed E-state index contributed by atoms with van der Waals surface area (Å²) in [6.45, 7) is 4.07. The summed E-state index contributed by atoms with van der Waals surface area (Å²) < 4.78 is 0. The Morgan fingerprint density at radius 1 is 0.875 bits per heavy atom. The van der Waals surface area contributed by atoms with Crippen LogP contribution in [0.5, 0.6) is 0 Å². The van der Waals surface area contributed by atoms with Crippen LogP contribution in [0.2, 0.25) is 0 Å². The van der Waals surface area contributed by atoms with Gasteiger partial charge in [0.2, 0.25) is 0 Å². The lowest BCUT2D eigenvalue weighted by atomic mass is 10.1. The highest BCUT2D eigenvalue weighted by Crippen LogP contribution is 2.28. The lowest BCUT2D eigenvalue weighted by molar-refractivity contribution is 0.0981. The van der Waals surface area contributed by atoms with E-state index in [1.807, 2.05) is 55.5 Å². The second-order valence-corrected chi connectivity index (χ2v) is 6.77. The van der Waals surface area contributed by atoms with Gasteiger partial charge < -0.3 is 5.21 Å². The molecular weight excluding hydrogens is 318 g/mol. The summed E-state index contributed by atoms with van der Waals surface area (Å²) in [5, 5.41) is 12.5. The minimum atomic E-state index is 0.199. The van der Waals surface area contributed by atoms with Crippen molar-refractivity contribution in [3.63, 3.8) is 0 Å². The van der Waals surface area contributed by atoms with Crippen LogP contribution in [0, 0.1) is 0 Å². The molecule has 0 spiro atoms. The number of carbonyl (C=O) groups is 1. The van der Waals surface area contributed by atoms with E-state index in [2.05, 4.69) is 12.1 Å². The first-order valence-electron chi connectivity index (χ1n) is 8.30. The van der Waals surface area contributed by atoms with E-state index in [0.717, 1.165) is 40.2 Å². The van der Waals surface area contributed by atoms with Crippen molar-refractivity contribution in [3.8, 4) is 0 Å². The molecule has 0 saturated heterocycles. The van der Waals surface area contributed by atoms with E-state index in [-0.39, 0.29) is 5.78 Å². The molecule has 0 aliphatic heterocycles. The number of benzene rings is 2. The molecule has 0 aromatic heterocycles. The Hall–Kier alpha value is -2.07. The van der Waals surface area contributed by atoms with Crippen LogP contribution in [-0.2, 0) is 0 Å². The largest absolute Gasteiger partial charge is 0.411 e. The molecule has 2 aromatic carbocycles. The van der Waals surface area contributed by atoms with Crippen LogP contribution in [0.1, 0.15) is 55.5 Å². The lowest BCUT2D eigenvalue weighted by Gasteiger charge is -2.06. The van der Waals surface area contributed by atoms with Gasteiger partial charge in [0.25, 0.3) is 0 Å². The third-order valence-electron chi connectivity index (χ3n) is 3.68. The number of hydrogen-bond acceptors (Lipinski definition) is 4. The zero-order valence-corrected chi connectivity index (χ0v) is 15.0. The SMILES string of the molecule is CCCC(=O)c1ccc(Sc2ccc(C(CCC)=NO)cc2)cc1. The molecule has 24 heavy (non-hydrogen) atoms. The van der Waals surface area contributed by atoms with Gasteiger partial charge in [0.15, 0.2) is 5.78 Å². The molecule has 0 heterocycles. The van der Waals surface area contributed by atoms with Gasteiger partial charge in [-0.1, -0.05) is 61.5 Å². The number of ketones is 1. The van der Waals surface area contributed by atoms with Crippen LogP contribution in [0.4, 0.5) is 0 Å². The van der Waals surface area contributed by atoms with Gasteiger partial charge in [0, 0.05) is 21.8 Å². The van der Waals surface area contributed by atoms with Crippen LogP contribution >= 0.6 is 11.8 Å². The summed E-state index contributed by atoms with van der Waals surface area (Å²) >= 11 is 1.65. The summed E-state index contributed by atoms with van der Waals surface area (Å²) in [7, 11) is 0. The van der Waals surface area contributed by atoms with Gasteiger partial charge in [0.1, 0.15) is 0 Å². The highest BCUT2D eigenvalue weighted by Gasteiger charge is 2.06. The normalized spacial score (nSPS) is 11.5. The minimum Gasteiger partial charge on any atom is -0.411 e. The first-order valence-corrected chi connectivity index (χ1v) is 9.12. The van der Waals surface area contributed by atoms with Gasteiger partial charge in [-0.15, -0.1) is 0 Å². The summed E-state index contributed by atoms with van der Waals surface area (Å²) in [5.41, 5.74) is 2.44. The number of carbonyl (C=O) groups excluding carboxylic acids is 1. The molecule has 1 N–H and O–H groups in total. The molecule has 0 fully saturated rings. The van der Waals surface area contributed by atoms with Crippen LogP contribution in [-0.4, -0.2) is 16.7 Å². The summed E-state index contributed by atoms with van der Waals surface area (Å²) in [4.78, 5) is 14.1. The Labute approximate surface area is 147 Å². The first-order chi connectivity index (χ1) is 11.7. The van der Waals surface area contributed by atoms with Crippen molar-refractivity contribution < 1.29 is 10.0 Å². The van der Waals surface area contributed by atoms with E-state index in [4.69, 9.17) is 5.21 Å². The van der Waals surface area contributed by atoms with Crippen molar-refractivity contribution in [1.82, 2.24) is 0 Å². The summed E-state index contributed by atoms with van der Waals surface area (Å²) in [6, 6.07) is 15.8. The molecule has 0 aliphatic rings. The molecular formula is C20H23NO2S. The smallest absolute Gasteiger partial charge is 0.162 e. The number of hydrogen-bond donors (Lipinski definition) is 1. The van der Waals surface area contributed by atoms with Gasteiger partial charge in [0.05, 0.1) is 5.71 Å². The van der Waals surface area contributed by atoms with Crippen molar-refractivity contribution >= 4 is 23.3 Å². The third kappa shape index (κ3) is 4.96. The second-order valence-electron chi connectivity index (χ2n) is 5.62. The molecule has 0 amide bonds. The highest BCUT2D eigenvalue weighted by atomic mass is 32.2. The maximum atomic E-state index is 11.9. The Bertz CT molecular complexity index is 691. The zero-order chi connectivity index (χ0) is 17.4. The average Bonchev–Trinajstić information content (AvgIpc) is 2.61. The molecule has 0 unspecified atom stereocenters. The van der Waals surface area contributed by atoms with E-state index in [1.165, 1.54) is 0 Å². The van der Waals surface area contributed by atoms with Crippen LogP contribution < -0.4 is 0 Å². The Morgan fingerprint density at radius 3 is 1.83 bits per heavy atom. The summed E-state index contributed by atoms with van der Waals surface area (Å²) in [6.07, 6.45) is 3.18. The predicted molar refractivity (Wildman–Crippen MR) is 99.5 cm³/mol. The van der Waals surface area contributed by atoms with Crippen LogP contribution in [0.3, 0.4) is 0 Å². The topological polar surface area (TPSA) is 49.7 Å². The zero-order valence-electron chi connectivity index (χ0n) is 14.2. The standard InChI is InChI=1S/C20H23NO2S/c1-3-5-19(21-23)15-7-11-17(12-8-15)24-18-13-9-16(10-14-18)20(22)6-4-2/h7-14,23H,3-6H2,1-2H3. The molecule has 0 atom stereocenters. The van der Waals surface area contributed by atoms with Crippen molar-refractivity contribution in [1.29, 1.82) is 0 Å². The maximum Gasteiger partial charge on any atom is 0.162 e. The Morgan fingerprint density at radius 2 is 1.38 bits per heavy atom. The van der Waals surface area contributed by atoms with E-state index < -0.39 is 0 Å². The van der Waals surface area contributed by atoms with Crippen molar-refractivity contribution in [3.05, 3.63) is 59.7 Å². The molecule has 126 valence electrons. The highest BCUT2D eigenvalue weighted by molar-refractivity contribution is 7.99. The number of rotatable bonds is 8. The molecule has 2 rings (SSSR count). The minimum absolute atomic E-state index is 0.199.